The molecule has 0 saturated carbocycles. The lowest BCUT2D eigenvalue weighted by Crippen LogP contribution is -2.48. The second kappa shape index (κ2) is 3.53. The maximum atomic E-state index is 11.3. The number of hydrogen-bond donors (Lipinski definition) is 2. The largest absolute Gasteiger partial charge is 0.477 e. The molecule has 0 aromatic heterocycles. The Morgan fingerprint density at radius 1 is 1.80 bits per heavy atom. The van der Waals surface area contributed by atoms with Crippen LogP contribution < -0.4 is 5.73 Å². The van der Waals surface area contributed by atoms with Gasteiger partial charge in [-0.05, 0) is 6.42 Å². The summed E-state index contributed by atoms with van der Waals surface area (Å²) in [6.45, 7) is 1.90. The minimum Gasteiger partial charge on any atom is -0.477 e. The molecule has 5 nitrogen and oxygen atoms in total. The summed E-state index contributed by atoms with van der Waals surface area (Å²) in [5, 5.41) is 9.02. The first kappa shape index (κ1) is 10.5. The molecule has 1 amide bonds. The SMILES string of the molecule is CCC(N)C1=C(C(=O)O)N2C(=O)C[C@@H]2S1. The number of thioether (sulfide) groups is 1. The Kier molecular flexibility index (Phi) is 2.47. The zero-order chi connectivity index (χ0) is 11.2. The number of amides is 1. The molecule has 0 bridgehead atoms. The van der Waals surface area contributed by atoms with Gasteiger partial charge in [-0.3, -0.25) is 9.69 Å². The minimum atomic E-state index is -1.06. The Balaban J connectivity index is 2.35. The monoisotopic (exact) mass is 228 g/mol. The first-order chi connectivity index (χ1) is 7.06. The molecule has 2 atom stereocenters. The lowest BCUT2D eigenvalue weighted by Gasteiger charge is -2.33. The van der Waals surface area contributed by atoms with E-state index in [-0.39, 0.29) is 23.0 Å². The number of hydrogen-bond acceptors (Lipinski definition) is 4. The molecule has 0 radical (unpaired) electrons. The minimum absolute atomic E-state index is 0.0313. The molecule has 1 fully saturated rings. The van der Waals surface area contributed by atoms with Crippen molar-refractivity contribution in [3.05, 3.63) is 10.6 Å². The zero-order valence-electron chi connectivity index (χ0n) is 8.27. The Morgan fingerprint density at radius 3 is 2.93 bits per heavy atom. The van der Waals surface area contributed by atoms with Gasteiger partial charge in [0.1, 0.15) is 5.70 Å². The maximum absolute atomic E-state index is 11.3. The summed E-state index contributed by atoms with van der Waals surface area (Å²) >= 11 is 1.41. The number of nitrogens with zero attached hydrogens (tertiary/aromatic N) is 1. The Hall–Kier alpha value is -1.01. The predicted octanol–water partition coefficient (Wildman–Crippen LogP) is 0.325. The zero-order valence-corrected chi connectivity index (χ0v) is 9.08. The highest BCUT2D eigenvalue weighted by Crippen LogP contribution is 2.47. The highest BCUT2D eigenvalue weighted by Gasteiger charge is 2.49. The van der Waals surface area contributed by atoms with E-state index < -0.39 is 5.97 Å². The van der Waals surface area contributed by atoms with Crippen molar-refractivity contribution in [2.24, 2.45) is 5.73 Å². The predicted molar refractivity (Wildman–Crippen MR) is 55.8 cm³/mol. The summed E-state index contributed by atoms with van der Waals surface area (Å²) in [5.74, 6) is -1.18. The van der Waals surface area contributed by atoms with E-state index in [4.69, 9.17) is 10.8 Å². The quantitative estimate of drug-likeness (QED) is 0.680. The molecular formula is C9H12N2O3S. The maximum Gasteiger partial charge on any atom is 0.353 e. The molecule has 1 saturated heterocycles. The lowest BCUT2D eigenvalue weighted by molar-refractivity contribution is -0.145. The summed E-state index contributed by atoms with van der Waals surface area (Å²) < 4.78 is 0. The fraction of sp³-hybridized carbons (Fsp3) is 0.556. The van der Waals surface area contributed by atoms with E-state index in [1.807, 2.05) is 6.92 Å². The van der Waals surface area contributed by atoms with Gasteiger partial charge in [0, 0.05) is 10.9 Å². The van der Waals surface area contributed by atoms with E-state index >= 15 is 0 Å². The van der Waals surface area contributed by atoms with Crippen LogP contribution in [0.2, 0.25) is 0 Å². The first-order valence-corrected chi connectivity index (χ1v) is 5.66. The summed E-state index contributed by atoms with van der Waals surface area (Å²) in [7, 11) is 0. The number of nitrogens with two attached hydrogens (primary N) is 1. The third-order valence-electron chi connectivity index (χ3n) is 2.62. The Morgan fingerprint density at radius 2 is 2.47 bits per heavy atom. The van der Waals surface area contributed by atoms with Gasteiger partial charge in [-0.1, -0.05) is 6.92 Å². The van der Waals surface area contributed by atoms with Crippen LogP contribution >= 0.6 is 11.8 Å². The number of carbonyl (C=O) groups is 2. The first-order valence-electron chi connectivity index (χ1n) is 4.78. The molecule has 2 heterocycles. The second-order valence-corrected chi connectivity index (χ2v) is 4.79. The molecule has 2 rings (SSSR count). The van der Waals surface area contributed by atoms with Crippen LogP contribution in [0.4, 0.5) is 0 Å². The van der Waals surface area contributed by atoms with Crippen LogP contribution in [-0.2, 0) is 9.59 Å². The van der Waals surface area contributed by atoms with Crippen molar-refractivity contribution in [2.45, 2.75) is 31.2 Å². The molecule has 0 spiro atoms. The number of aliphatic carboxylic acids is 1. The normalized spacial score (nSPS) is 26.4. The summed E-state index contributed by atoms with van der Waals surface area (Å²) in [6, 6.07) is -0.278. The molecule has 3 N–H and O–H groups in total. The molecule has 6 heteroatoms. The third kappa shape index (κ3) is 1.44. The average molecular weight is 228 g/mol. The van der Waals surface area contributed by atoms with Gasteiger partial charge in [0.25, 0.3) is 0 Å². The van der Waals surface area contributed by atoms with E-state index in [0.29, 0.717) is 17.7 Å². The average Bonchev–Trinajstić information content (AvgIpc) is 2.50. The van der Waals surface area contributed by atoms with Crippen molar-refractivity contribution in [3.8, 4) is 0 Å². The van der Waals surface area contributed by atoms with Gasteiger partial charge in [0.05, 0.1) is 11.8 Å². The van der Waals surface area contributed by atoms with Gasteiger partial charge in [-0.25, -0.2) is 4.79 Å². The van der Waals surface area contributed by atoms with E-state index in [1.54, 1.807) is 0 Å². The highest BCUT2D eigenvalue weighted by molar-refractivity contribution is 8.04. The second-order valence-electron chi connectivity index (χ2n) is 3.57. The lowest BCUT2D eigenvalue weighted by atomic mass is 10.1. The van der Waals surface area contributed by atoms with Crippen LogP contribution in [0.3, 0.4) is 0 Å². The van der Waals surface area contributed by atoms with Gasteiger partial charge >= 0.3 is 5.97 Å². The standard InChI is InChI=1S/C9H12N2O3S/c1-2-4(10)8-7(9(13)14)11-5(12)3-6(11)15-8/h4,6H,2-3,10H2,1H3,(H,13,14)/t4?,6-/m0/s1. The number of rotatable bonds is 3. The van der Waals surface area contributed by atoms with Crippen LogP contribution in [-0.4, -0.2) is 33.3 Å². The molecular weight excluding hydrogens is 216 g/mol. The van der Waals surface area contributed by atoms with Crippen LogP contribution in [0.5, 0.6) is 0 Å². The van der Waals surface area contributed by atoms with Crippen LogP contribution in [0.15, 0.2) is 10.6 Å². The molecule has 2 aliphatic rings. The van der Waals surface area contributed by atoms with Crippen molar-refractivity contribution in [2.75, 3.05) is 0 Å². The molecule has 0 aromatic carbocycles. The van der Waals surface area contributed by atoms with Gasteiger partial charge < -0.3 is 10.8 Å². The van der Waals surface area contributed by atoms with Crippen molar-refractivity contribution >= 4 is 23.6 Å². The van der Waals surface area contributed by atoms with Crippen molar-refractivity contribution in [1.29, 1.82) is 0 Å². The summed E-state index contributed by atoms with van der Waals surface area (Å²) in [5.41, 5.74) is 5.92. The smallest absolute Gasteiger partial charge is 0.353 e. The summed E-state index contributed by atoms with van der Waals surface area (Å²) in [4.78, 5) is 24.3. The molecule has 82 valence electrons. The van der Waals surface area contributed by atoms with Crippen LogP contribution in [0.25, 0.3) is 0 Å². The fourth-order valence-electron chi connectivity index (χ4n) is 1.73. The van der Waals surface area contributed by atoms with Gasteiger partial charge in [0.15, 0.2) is 0 Å². The van der Waals surface area contributed by atoms with E-state index in [1.165, 1.54) is 16.7 Å². The van der Waals surface area contributed by atoms with Gasteiger partial charge in [-0.15, -0.1) is 11.8 Å². The molecule has 0 aromatic rings. The third-order valence-corrected chi connectivity index (χ3v) is 4.02. The van der Waals surface area contributed by atoms with Crippen molar-refractivity contribution in [1.82, 2.24) is 4.90 Å². The number of carboxylic acids is 1. The van der Waals surface area contributed by atoms with Gasteiger partial charge in [-0.2, -0.15) is 0 Å². The van der Waals surface area contributed by atoms with Crippen LogP contribution in [0.1, 0.15) is 19.8 Å². The summed E-state index contributed by atoms with van der Waals surface area (Å²) in [6.07, 6.45) is 1.09. The fourth-order valence-corrected chi connectivity index (χ4v) is 3.21. The topological polar surface area (TPSA) is 83.6 Å². The number of β-lactam (4-membered cyclic amide) rings is 1. The Labute approximate surface area is 91.3 Å². The molecule has 15 heavy (non-hydrogen) atoms. The molecule has 2 aliphatic heterocycles. The van der Waals surface area contributed by atoms with Crippen molar-refractivity contribution < 1.29 is 14.7 Å². The molecule has 0 aliphatic carbocycles. The van der Waals surface area contributed by atoms with Gasteiger partial charge in [0.2, 0.25) is 5.91 Å². The van der Waals surface area contributed by atoms with E-state index in [9.17, 15) is 9.59 Å². The Bertz CT molecular complexity index is 366. The van der Waals surface area contributed by atoms with E-state index in [2.05, 4.69) is 0 Å². The number of carboxylic acid groups (broad SMARTS) is 1. The van der Waals surface area contributed by atoms with E-state index in [0.717, 1.165) is 0 Å². The number of fused-ring (bicyclic) bond motifs is 1. The molecule has 1 unspecified atom stereocenters. The van der Waals surface area contributed by atoms with Crippen molar-refractivity contribution in [3.63, 3.8) is 0 Å². The number of carbonyl (C=O) groups excluding carboxylic acids is 1. The van der Waals surface area contributed by atoms with Crippen LogP contribution in [0, 0.1) is 0 Å². The highest BCUT2D eigenvalue weighted by atomic mass is 32.2.